The summed E-state index contributed by atoms with van der Waals surface area (Å²) in [7, 11) is 0. The van der Waals surface area contributed by atoms with E-state index < -0.39 is 0 Å². The van der Waals surface area contributed by atoms with Crippen LogP contribution in [0.3, 0.4) is 0 Å². The monoisotopic (exact) mass is 150 g/mol. The summed E-state index contributed by atoms with van der Waals surface area (Å²) in [6.45, 7) is 0.662. The minimum Gasteiger partial charge on any atom is -0.159 e. The third-order valence-electron chi connectivity index (χ3n) is 1.29. The Balaban J connectivity index is 2.23. The van der Waals surface area contributed by atoms with Crippen LogP contribution in [0.5, 0.6) is 0 Å². The molecule has 2 heterocycles. The molecular weight excluding hydrogens is 144 g/mol. The number of allylic oxidation sites excluding steroid dienone is 2. The van der Waals surface area contributed by atoms with E-state index in [0.717, 1.165) is 0 Å². The lowest BCUT2D eigenvalue weighted by molar-refractivity contribution is 0.00483. The van der Waals surface area contributed by atoms with Crippen LogP contribution in [-0.2, 0) is 0 Å². The van der Waals surface area contributed by atoms with Crippen molar-refractivity contribution in [2.45, 2.75) is 0 Å². The Morgan fingerprint density at radius 1 is 1.09 bits per heavy atom. The molecule has 0 aromatic heterocycles. The summed E-state index contributed by atoms with van der Waals surface area (Å²) in [6.07, 6.45) is 7.49. The Kier molecular flexibility index (Phi) is 1.36. The number of hydrogen-bond donors (Lipinski definition) is 0. The molecule has 0 radical (unpaired) electrons. The van der Waals surface area contributed by atoms with Gasteiger partial charge in [0.05, 0.1) is 12.7 Å². The maximum atomic E-state index is 3.73. The molecule has 0 aromatic carbocycles. The van der Waals surface area contributed by atoms with E-state index in [1.165, 1.54) is 5.12 Å². The van der Waals surface area contributed by atoms with E-state index in [1.807, 2.05) is 18.2 Å². The molecule has 11 heavy (non-hydrogen) atoms. The predicted molar refractivity (Wildman–Crippen MR) is 36.5 cm³/mol. The van der Waals surface area contributed by atoms with Gasteiger partial charge in [0, 0.05) is 0 Å². The van der Waals surface area contributed by atoms with Gasteiger partial charge in [0.2, 0.25) is 0 Å². The molecule has 0 unspecified atom stereocenters. The summed E-state index contributed by atoms with van der Waals surface area (Å²) in [4.78, 5) is 0. The van der Waals surface area contributed by atoms with Gasteiger partial charge in [0.15, 0.2) is 0 Å². The van der Waals surface area contributed by atoms with E-state index >= 15 is 0 Å². The van der Waals surface area contributed by atoms with Crippen LogP contribution >= 0.6 is 0 Å². The van der Waals surface area contributed by atoms with Gasteiger partial charge in [-0.15, -0.1) is 5.12 Å². The average Bonchev–Trinajstić information content (AvgIpc) is 2.28. The van der Waals surface area contributed by atoms with E-state index in [1.54, 1.807) is 11.3 Å². The molecule has 0 spiro atoms. The van der Waals surface area contributed by atoms with E-state index in [-0.39, 0.29) is 0 Å². The smallest absolute Gasteiger partial charge is 0.0809 e. The molecule has 6 heteroatoms. The summed E-state index contributed by atoms with van der Waals surface area (Å²) in [5.74, 6) is 0. The van der Waals surface area contributed by atoms with E-state index in [4.69, 9.17) is 0 Å². The van der Waals surface area contributed by atoms with E-state index in [9.17, 15) is 0 Å². The predicted octanol–water partition coefficient (Wildman–Crippen LogP) is 1.25. The first-order valence-corrected chi connectivity index (χ1v) is 3.18. The van der Waals surface area contributed by atoms with Crippen LogP contribution in [0.4, 0.5) is 0 Å². The molecule has 2 aliphatic heterocycles. The lowest BCUT2D eigenvalue weighted by Crippen LogP contribution is -2.30. The second-order valence-corrected chi connectivity index (χ2v) is 2.00. The SMILES string of the molecule is C1=CCN2N=NN=NN2C=C1. The zero-order valence-corrected chi connectivity index (χ0v) is 5.70. The average molecular weight is 150 g/mol. The van der Waals surface area contributed by atoms with Gasteiger partial charge in [0.25, 0.3) is 0 Å². The van der Waals surface area contributed by atoms with Gasteiger partial charge in [-0.2, -0.15) is 5.12 Å². The molecule has 0 bridgehead atoms. The number of nitrogens with zero attached hydrogens (tertiary/aromatic N) is 6. The van der Waals surface area contributed by atoms with E-state index in [2.05, 4.69) is 20.9 Å². The lowest BCUT2D eigenvalue weighted by Gasteiger charge is -2.22. The third-order valence-corrected chi connectivity index (χ3v) is 1.29. The highest BCUT2D eigenvalue weighted by atomic mass is 16.0. The maximum absolute atomic E-state index is 3.73. The van der Waals surface area contributed by atoms with Gasteiger partial charge < -0.3 is 0 Å². The summed E-state index contributed by atoms with van der Waals surface area (Å²) < 4.78 is 0. The van der Waals surface area contributed by atoms with Crippen molar-refractivity contribution in [2.24, 2.45) is 20.9 Å². The van der Waals surface area contributed by atoms with Gasteiger partial charge in [-0.25, -0.2) is 0 Å². The Morgan fingerprint density at radius 2 is 2.00 bits per heavy atom. The Hall–Kier alpha value is -1.72. The summed E-state index contributed by atoms with van der Waals surface area (Å²) in [5.41, 5.74) is 0. The first-order valence-electron chi connectivity index (χ1n) is 3.18. The summed E-state index contributed by atoms with van der Waals surface area (Å²) in [6, 6.07) is 0. The van der Waals surface area contributed by atoms with Gasteiger partial charge >= 0.3 is 0 Å². The highest BCUT2D eigenvalue weighted by Crippen LogP contribution is 2.10. The molecule has 0 amide bonds. The topological polar surface area (TPSA) is 55.9 Å². The molecule has 2 rings (SSSR count). The fourth-order valence-electron chi connectivity index (χ4n) is 0.797. The summed E-state index contributed by atoms with van der Waals surface area (Å²) >= 11 is 0. The van der Waals surface area contributed by atoms with Crippen LogP contribution < -0.4 is 0 Å². The highest BCUT2D eigenvalue weighted by Gasteiger charge is 2.11. The molecule has 0 aromatic rings. The fraction of sp³-hybridized carbons (Fsp3) is 0.200. The van der Waals surface area contributed by atoms with Crippen LogP contribution in [0.1, 0.15) is 0 Å². The van der Waals surface area contributed by atoms with E-state index in [0.29, 0.717) is 6.54 Å². The third kappa shape index (κ3) is 1.09. The minimum atomic E-state index is 0.662. The largest absolute Gasteiger partial charge is 0.159 e. The van der Waals surface area contributed by atoms with Crippen LogP contribution in [0, 0.1) is 0 Å². The van der Waals surface area contributed by atoms with Gasteiger partial charge in [-0.3, -0.25) is 0 Å². The maximum Gasteiger partial charge on any atom is 0.0809 e. The lowest BCUT2D eigenvalue weighted by atomic mass is 10.5. The zero-order chi connectivity index (χ0) is 7.52. The van der Waals surface area contributed by atoms with Crippen molar-refractivity contribution in [1.29, 1.82) is 0 Å². The van der Waals surface area contributed by atoms with Crippen LogP contribution in [0.25, 0.3) is 0 Å². The van der Waals surface area contributed by atoms with Crippen molar-refractivity contribution < 1.29 is 0 Å². The zero-order valence-electron chi connectivity index (χ0n) is 5.70. The standard InChI is InChI=1S/C5H6N6/c1-2-4-10-8-6-7-9-11(10)5-3-1/h1-4H,5H2. The molecule has 2 aliphatic rings. The first kappa shape index (κ1) is 6.02. The second kappa shape index (κ2) is 2.49. The first-order chi connectivity index (χ1) is 5.47. The number of hydrazine groups is 1. The van der Waals surface area contributed by atoms with Crippen molar-refractivity contribution in [3.8, 4) is 0 Å². The molecule has 6 nitrogen and oxygen atoms in total. The Labute approximate surface area is 63.1 Å². The minimum absolute atomic E-state index is 0.662. The second-order valence-electron chi connectivity index (χ2n) is 2.00. The molecule has 56 valence electrons. The van der Waals surface area contributed by atoms with Crippen molar-refractivity contribution in [3.63, 3.8) is 0 Å². The molecule has 0 fully saturated rings. The van der Waals surface area contributed by atoms with Crippen molar-refractivity contribution in [1.82, 2.24) is 10.2 Å². The fourth-order valence-corrected chi connectivity index (χ4v) is 0.797. The van der Waals surface area contributed by atoms with Gasteiger partial charge in [0.1, 0.15) is 0 Å². The number of hydrogen-bond acceptors (Lipinski definition) is 6. The van der Waals surface area contributed by atoms with Crippen molar-refractivity contribution >= 4 is 0 Å². The Bertz CT molecular complexity index is 252. The van der Waals surface area contributed by atoms with Gasteiger partial charge in [-0.05, 0) is 27.0 Å². The molecule has 0 N–H and O–H groups in total. The molecule has 0 atom stereocenters. The van der Waals surface area contributed by atoms with Crippen molar-refractivity contribution in [2.75, 3.05) is 6.54 Å². The molecule has 0 aliphatic carbocycles. The quantitative estimate of drug-likeness (QED) is 0.521. The summed E-state index contributed by atoms with van der Waals surface area (Å²) in [5, 5.41) is 17.3. The van der Waals surface area contributed by atoms with Gasteiger partial charge in [-0.1, -0.05) is 12.2 Å². The molecular formula is C5H6N6. The van der Waals surface area contributed by atoms with Crippen molar-refractivity contribution in [3.05, 3.63) is 24.4 Å². The number of rotatable bonds is 0. The molecule has 0 saturated heterocycles. The normalized spacial score (nSPS) is 20.4. The van der Waals surface area contributed by atoms with Crippen LogP contribution in [0.15, 0.2) is 45.3 Å². The number of fused-ring (bicyclic) bond motifs is 1. The highest BCUT2D eigenvalue weighted by molar-refractivity contribution is 5.04. The molecule has 0 saturated carbocycles. The van der Waals surface area contributed by atoms with Crippen LogP contribution in [0.2, 0.25) is 0 Å². The Morgan fingerprint density at radius 3 is 3.00 bits per heavy atom. The van der Waals surface area contributed by atoms with Crippen LogP contribution in [-0.4, -0.2) is 16.8 Å².